The Morgan fingerprint density at radius 3 is 2.05 bits per heavy atom. The van der Waals surface area contributed by atoms with Crippen LogP contribution in [0.5, 0.6) is 0 Å². The molecule has 0 radical (unpaired) electrons. The predicted octanol–water partition coefficient (Wildman–Crippen LogP) is 2.60. The van der Waals surface area contributed by atoms with Crippen molar-refractivity contribution in [2.24, 2.45) is 0 Å². The van der Waals surface area contributed by atoms with Gasteiger partial charge in [-0.15, -0.1) is 0 Å². The van der Waals surface area contributed by atoms with Crippen LogP contribution in [0, 0.1) is 0 Å². The summed E-state index contributed by atoms with van der Waals surface area (Å²) in [5.41, 5.74) is -0.622. The highest BCUT2D eigenvalue weighted by atomic mass is 16.6. The number of benzene rings is 1. The molecule has 1 aliphatic rings. The first kappa shape index (κ1) is 32.4. The van der Waals surface area contributed by atoms with Gasteiger partial charge in [0.1, 0.15) is 23.9 Å². The summed E-state index contributed by atoms with van der Waals surface area (Å²) in [6.45, 7) is 10.8. The molecule has 1 aliphatic heterocycles. The molecule has 40 heavy (non-hydrogen) atoms. The van der Waals surface area contributed by atoms with Crippen LogP contribution in [-0.2, 0) is 35.2 Å². The number of hydrogen-bond acceptors (Lipinski definition) is 8. The number of rotatable bonds is 9. The lowest BCUT2D eigenvalue weighted by atomic mass is 10.1. The first-order valence-corrected chi connectivity index (χ1v) is 13.4. The van der Waals surface area contributed by atoms with Crippen molar-refractivity contribution >= 4 is 30.0 Å². The highest BCUT2D eigenvalue weighted by molar-refractivity contribution is 5.87. The van der Waals surface area contributed by atoms with Crippen molar-refractivity contribution < 1.29 is 38.2 Å². The molecule has 0 aromatic heterocycles. The van der Waals surface area contributed by atoms with E-state index in [1.165, 1.54) is 9.80 Å². The number of esters is 1. The molecule has 1 aromatic rings. The SMILES string of the molecule is CC(C)(C)OC(=O)N1CCN(C(=O)OC(C)(C)C)C(C(=O)NCCC(=O)NCCC(=O)OCc2ccccc2)C1. The summed E-state index contributed by atoms with van der Waals surface area (Å²) in [4.78, 5) is 65.2. The lowest BCUT2D eigenvalue weighted by molar-refractivity contribution is -0.144. The van der Waals surface area contributed by atoms with Gasteiger partial charge in [-0.2, -0.15) is 0 Å². The van der Waals surface area contributed by atoms with E-state index in [1.807, 2.05) is 30.3 Å². The van der Waals surface area contributed by atoms with Crippen LogP contribution >= 0.6 is 0 Å². The minimum Gasteiger partial charge on any atom is -0.461 e. The van der Waals surface area contributed by atoms with Crippen LogP contribution in [0.3, 0.4) is 0 Å². The maximum atomic E-state index is 13.1. The van der Waals surface area contributed by atoms with Gasteiger partial charge in [0, 0.05) is 32.6 Å². The zero-order valence-corrected chi connectivity index (χ0v) is 24.3. The van der Waals surface area contributed by atoms with Crippen LogP contribution < -0.4 is 10.6 Å². The van der Waals surface area contributed by atoms with Crippen LogP contribution in [0.1, 0.15) is 59.9 Å². The Hall–Kier alpha value is -3.83. The van der Waals surface area contributed by atoms with E-state index in [2.05, 4.69) is 10.6 Å². The van der Waals surface area contributed by atoms with Gasteiger partial charge in [-0.3, -0.25) is 19.3 Å². The Morgan fingerprint density at radius 1 is 0.825 bits per heavy atom. The lowest BCUT2D eigenvalue weighted by Gasteiger charge is -2.41. The number of nitrogens with zero attached hydrogens (tertiary/aromatic N) is 2. The molecule has 12 heteroatoms. The summed E-state index contributed by atoms with van der Waals surface area (Å²) >= 11 is 0. The number of ether oxygens (including phenoxy) is 3. The second-order valence-electron chi connectivity index (χ2n) is 11.4. The summed E-state index contributed by atoms with van der Waals surface area (Å²) in [7, 11) is 0. The largest absolute Gasteiger partial charge is 0.461 e. The third-order valence-corrected chi connectivity index (χ3v) is 5.51. The summed E-state index contributed by atoms with van der Waals surface area (Å²) < 4.78 is 16.0. The zero-order chi connectivity index (χ0) is 29.9. The molecule has 1 saturated heterocycles. The van der Waals surface area contributed by atoms with Crippen molar-refractivity contribution in [1.29, 1.82) is 0 Å². The van der Waals surface area contributed by atoms with E-state index >= 15 is 0 Å². The third-order valence-electron chi connectivity index (χ3n) is 5.51. The van der Waals surface area contributed by atoms with E-state index in [9.17, 15) is 24.0 Å². The van der Waals surface area contributed by atoms with Crippen molar-refractivity contribution in [1.82, 2.24) is 20.4 Å². The molecule has 0 aliphatic carbocycles. The topological polar surface area (TPSA) is 144 Å². The van der Waals surface area contributed by atoms with E-state index in [1.54, 1.807) is 41.5 Å². The Kier molecular flexibility index (Phi) is 11.8. The van der Waals surface area contributed by atoms with Gasteiger partial charge in [-0.25, -0.2) is 9.59 Å². The van der Waals surface area contributed by atoms with Gasteiger partial charge in [0.15, 0.2) is 0 Å². The average Bonchev–Trinajstić information content (AvgIpc) is 2.85. The van der Waals surface area contributed by atoms with Gasteiger partial charge in [0.05, 0.1) is 13.0 Å². The normalized spacial score (nSPS) is 15.6. The van der Waals surface area contributed by atoms with Crippen LogP contribution in [0.2, 0.25) is 0 Å². The van der Waals surface area contributed by atoms with Gasteiger partial charge in [-0.05, 0) is 47.1 Å². The van der Waals surface area contributed by atoms with E-state index in [0.717, 1.165) is 5.56 Å². The Bertz CT molecular complexity index is 1030. The maximum absolute atomic E-state index is 13.1. The molecule has 1 heterocycles. The molecule has 2 rings (SSSR count). The molecule has 1 atom stereocenters. The maximum Gasteiger partial charge on any atom is 0.411 e. The Morgan fingerprint density at radius 2 is 1.43 bits per heavy atom. The molecule has 0 bridgehead atoms. The number of carbonyl (C=O) groups excluding carboxylic acids is 5. The monoisotopic (exact) mass is 562 g/mol. The van der Waals surface area contributed by atoms with Crippen LogP contribution in [0.4, 0.5) is 9.59 Å². The molecule has 0 saturated carbocycles. The first-order chi connectivity index (χ1) is 18.6. The lowest BCUT2D eigenvalue weighted by Crippen LogP contribution is -2.62. The van der Waals surface area contributed by atoms with Gasteiger partial charge < -0.3 is 29.7 Å². The van der Waals surface area contributed by atoms with Gasteiger partial charge in [0.25, 0.3) is 0 Å². The fraction of sp³-hybridized carbons (Fsp3) is 0.607. The molecule has 12 nitrogen and oxygen atoms in total. The predicted molar refractivity (Wildman–Crippen MR) is 146 cm³/mol. The van der Waals surface area contributed by atoms with Crippen LogP contribution in [0.15, 0.2) is 30.3 Å². The summed E-state index contributed by atoms with van der Waals surface area (Å²) in [5, 5.41) is 5.27. The average molecular weight is 563 g/mol. The molecule has 1 fully saturated rings. The number of piperazine rings is 1. The second kappa shape index (κ2) is 14.5. The smallest absolute Gasteiger partial charge is 0.411 e. The standard InChI is InChI=1S/C28H42N4O8/c1-27(2,3)39-25(36)31-16-17-32(26(37)40-28(4,5)6)21(18-31)24(35)30-14-12-22(33)29-15-13-23(34)38-19-20-10-8-7-9-11-20/h7-11,21H,12-19H2,1-6H3,(H,29,33)(H,30,35). The van der Waals surface area contributed by atoms with Crippen molar-refractivity contribution in [2.75, 3.05) is 32.7 Å². The number of nitrogens with one attached hydrogen (secondary N) is 2. The Balaban J connectivity index is 1.84. The third kappa shape index (κ3) is 11.9. The fourth-order valence-electron chi connectivity index (χ4n) is 3.66. The Labute approximate surface area is 235 Å². The minimum atomic E-state index is -1.03. The summed E-state index contributed by atoms with van der Waals surface area (Å²) in [5.74, 6) is -1.33. The van der Waals surface area contributed by atoms with E-state index in [0.29, 0.717) is 0 Å². The number of carbonyl (C=O) groups is 5. The highest BCUT2D eigenvalue weighted by Gasteiger charge is 2.40. The minimum absolute atomic E-state index is 0.00574. The van der Waals surface area contributed by atoms with Crippen LogP contribution in [0.25, 0.3) is 0 Å². The van der Waals surface area contributed by atoms with E-state index in [-0.39, 0.29) is 58.1 Å². The van der Waals surface area contributed by atoms with Crippen molar-refractivity contribution in [3.05, 3.63) is 35.9 Å². The quantitative estimate of drug-likeness (QED) is 0.345. The zero-order valence-electron chi connectivity index (χ0n) is 24.3. The van der Waals surface area contributed by atoms with E-state index < -0.39 is 41.3 Å². The molecule has 2 N–H and O–H groups in total. The van der Waals surface area contributed by atoms with Crippen molar-refractivity contribution in [3.8, 4) is 0 Å². The van der Waals surface area contributed by atoms with Gasteiger partial charge >= 0.3 is 18.2 Å². The molecular formula is C28H42N4O8. The second-order valence-corrected chi connectivity index (χ2v) is 11.4. The molecular weight excluding hydrogens is 520 g/mol. The van der Waals surface area contributed by atoms with Gasteiger partial charge in [-0.1, -0.05) is 30.3 Å². The number of amides is 4. The number of hydrogen-bond donors (Lipinski definition) is 2. The summed E-state index contributed by atoms with van der Waals surface area (Å²) in [6, 6.07) is 8.23. The molecule has 1 unspecified atom stereocenters. The molecule has 0 spiro atoms. The van der Waals surface area contributed by atoms with Gasteiger partial charge in [0.2, 0.25) is 11.8 Å². The molecule has 1 aromatic carbocycles. The van der Waals surface area contributed by atoms with Crippen molar-refractivity contribution in [2.45, 2.75) is 78.2 Å². The van der Waals surface area contributed by atoms with Crippen LogP contribution in [-0.4, -0.2) is 89.7 Å². The summed E-state index contributed by atoms with van der Waals surface area (Å²) in [6.07, 6.45) is -1.29. The first-order valence-electron chi connectivity index (χ1n) is 13.4. The highest BCUT2D eigenvalue weighted by Crippen LogP contribution is 2.18. The van der Waals surface area contributed by atoms with Crippen molar-refractivity contribution in [3.63, 3.8) is 0 Å². The fourth-order valence-corrected chi connectivity index (χ4v) is 3.66. The molecule has 222 valence electrons. The molecule has 4 amide bonds. The van der Waals surface area contributed by atoms with E-state index in [4.69, 9.17) is 14.2 Å².